The van der Waals surface area contributed by atoms with Crippen LogP contribution in [0.1, 0.15) is 22.7 Å². The molecule has 0 saturated carbocycles. The summed E-state index contributed by atoms with van der Waals surface area (Å²) >= 11 is 0. The largest absolute Gasteiger partial charge is 0.463 e. The molecule has 0 aliphatic heterocycles. The SMILES string of the molecule is COCCn1nnnc1C[NH+](Cc1ccco1)Cc1cc2ccc(C)cc2[nH]c1=O. The second-order valence-corrected chi connectivity index (χ2v) is 7.39. The van der Waals surface area contributed by atoms with Gasteiger partial charge in [-0.15, -0.1) is 5.10 Å². The van der Waals surface area contributed by atoms with Gasteiger partial charge in [0.15, 0.2) is 5.76 Å². The molecule has 0 amide bonds. The summed E-state index contributed by atoms with van der Waals surface area (Å²) in [6.45, 7) is 4.77. The third-order valence-corrected chi connectivity index (χ3v) is 5.04. The van der Waals surface area contributed by atoms with Crippen LogP contribution in [0.25, 0.3) is 10.9 Å². The first kappa shape index (κ1) is 20.0. The van der Waals surface area contributed by atoms with Gasteiger partial charge in [-0.1, -0.05) is 12.1 Å². The fourth-order valence-corrected chi connectivity index (χ4v) is 3.53. The van der Waals surface area contributed by atoms with Gasteiger partial charge >= 0.3 is 0 Å². The molecule has 0 aliphatic carbocycles. The number of benzene rings is 1. The highest BCUT2D eigenvalue weighted by atomic mass is 16.5. The zero-order chi connectivity index (χ0) is 20.9. The zero-order valence-electron chi connectivity index (χ0n) is 17.1. The summed E-state index contributed by atoms with van der Waals surface area (Å²) in [4.78, 5) is 16.8. The Morgan fingerprint density at radius 3 is 2.90 bits per heavy atom. The highest BCUT2D eigenvalue weighted by molar-refractivity contribution is 5.79. The van der Waals surface area contributed by atoms with E-state index in [0.717, 1.165) is 33.0 Å². The minimum Gasteiger partial charge on any atom is -0.463 e. The molecule has 0 radical (unpaired) electrons. The number of hydrogen-bond donors (Lipinski definition) is 2. The van der Waals surface area contributed by atoms with Gasteiger partial charge in [-0.05, 0) is 52.6 Å². The van der Waals surface area contributed by atoms with Gasteiger partial charge in [0.25, 0.3) is 5.56 Å². The van der Waals surface area contributed by atoms with Crippen LogP contribution in [0.3, 0.4) is 0 Å². The minimum absolute atomic E-state index is 0.0796. The number of hydrogen-bond acceptors (Lipinski definition) is 6. The van der Waals surface area contributed by atoms with Crippen molar-refractivity contribution in [2.24, 2.45) is 0 Å². The Balaban J connectivity index is 1.61. The van der Waals surface area contributed by atoms with Crippen LogP contribution in [-0.2, 0) is 30.9 Å². The molecule has 3 heterocycles. The number of nitrogens with zero attached hydrogens (tertiary/aromatic N) is 4. The molecule has 9 heteroatoms. The lowest BCUT2D eigenvalue weighted by Crippen LogP contribution is -3.08. The molecule has 9 nitrogen and oxygen atoms in total. The Bertz CT molecular complexity index is 1170. The van der Waals surface area contributed by atoms with Gasteiger partial charge in [0.05, 0.1) is 25.0 Å². The number of tetrazole rings is 1. The van der Waals surface area contributed by atoms with E-state index < -0.39 is 0 Å². The van der Waals surface area contributed by atoms with Crippen molar-refractivity contribution in [1.82, 2.24) is 25.2 Å². The number of ether oxygens (including phenoxy) is 1. The lowest BCUT2D eigenvalue weighted by atomic mass is 10.1. The fourth-order valence-electron chi connectivity index (χ4n) is 3.53. The molecule has 0 fully saturated rings. The van der Waals surface area contributed by atoms with Crippen LogP contribution in [-0.4, -0.2) is 38.9 Å². The van der Waals surface area contributed by atoms with E-state index in [9.17, 15) is 4.79 Å². The van der Waals surface area contributed by atoms with Crippen molar-refractivity contribution in [3.8, 4) is 0 Å². The van der Waals surface area contributed by atoms with Crippen LogP contribution in [0.2, 0.25) is 0 Å². The molecule has 1 aromatic carbocycles. The molecule has 4 aromatic rings. The van der Waals surface area contributed by atoms with E-state index in [1.807, 2.05) is 43.3 Å². The molecule has 0 spiro atoms. The summed E-state index contributed by atoms with van der Waals surface area (Å²) in [7, 11) is 1.64. The van der Waals surface area contributed by atoms with E-state index >= 15 is 0 Å². The maximum atomic E-state index is 12.7. The summed E-state index contributed by atoms with van der Waals surface area (Å²) in [5, 5.41) is 13.0. The summed E-state index contributed by atoms with van der Waals surface area (Å²) in [6, 6.07) is 11.8. The Labute approximate surface area is 173 Å². The highest BCUT2D eigenvalue weighted by Gasteiger charge is 2.19. The van der Waals surface area contributed by atoms with Crippen molar-refractivity contribution < 1.29 is 14.1 Å². The zero-order valence-corrected chi connectivity index (χ0v) is 17.1. The van der Waals surface area contributed by atoms with E-state index in [1.54, 1.807) is 18.1 Å². The van der Waals surface area contributed by atoms with Crippen LogP contribution in [0.15, 0.2) is 51.9 Å². The Morgan fingerprint density at radius 1 is 1.20 bits per heavy atom. The maximum Gasteiger partial charge on any atom is 0.257 e. The van der Waals surface area contributed by atoms with Gasteiger partial charge in [-0.3, -0.25) is 4.79 Å². The molecule has 30 heavy (non-hydrogen) atoms. The third-order valence-electron chi connectivity index (χ3n) is 5.04. The average Bonchev–Trinajstić information content (AvgIpc) is 3.39. The smallest absolute Gasteiger partial charge is 0.257 e. The molecule has 1 unspecified atom stereocenters. The van der Waals surface area contributed by atoms with Crippen molar-refractivity contribution in [1.29, 1.82) is 0 Å². The Morgan fingerprint density at radius 2 is 2.10 bits per heavy atom. The van der Waals surface area contributed by atoms with Gasteiger partial charge in [0, 0.05) is 12.6 Å². The monoisotopic (exact) mass is 409 g/mol. The molecule has 0 saturated heterocycles. The summed E-state index contributed by atoms with van der Waals surface area (Å²) in [6.07, 6.45) is 1.65. The second-order valence-electron chi connectivity index (χ2n) is 7.39. The molecule has 3 aromatic heterocycles. The van der Waals surface area contributed by atoms with E-state index in [4.69, 9.17) is 9.15 Å². The molecular weight excluding hydrogens is 384 g/mol. The number of pyridine rings is 1. The van der Waals surface area contributed by atoms with E-state index in [2.05, 4.69) is 20.5 Å². The maximum absolute atomic E-state index is 12.7. The first-order valence-corrected chi connectivity index (χ1v) is 9.85. The number of nitrogens with one attached hydrogen (secondary N) is 2. The quantitative estimate of drug-likeness (QED) is 0.425. The lowest BCUT2D eigenvalue weighted by Gasteiger charge is -2.18. The molecule has 156 valence electrons. The molecular formula is C21H25N6O3+. The number of aromatic amines is 1. The Kier molecular flexibility index (Phi) is 6.01. The number of fused-ring (bicyclic) bond motifs is 1. The molecule has 0 aliphatic rings. The van der Waals surface area contributed by atoms with Crippen LogP contribution < -0.4 is 10.5 Å². The van der Waals surface area contributed by atoms with Gasteiger partial charge in [0.1, 0.15) is 19.6 Å². The number of furan rings is 1. The number of rotatable bonds is 9. The summed E-state index contributed by atoms with van der Waals surface area (Å²) in [5.74, 6) is 1.58. The average molecular weight is 409 g/mol. The van der Waals surface area contributed by atoms with Gasteiger partial charge in [0.2, 0.25) is 5.82 Å². The first-order valence-electron chi connectivity index (χ1n) is 9.85. The van der Waals surface area contributed by atoms with Gasteiger partial charge < -0.3 is 19.0 Å². The van der Waals surface area contributed by atoms with E-state index in [0.29, 0.717) is 38.3 Å². The molecule has 1 atom stereocenters. The highest BCUT2D eigenvalue weighted by Crippen LogP contribution is 2.12. The van der Waals surface area contributed by atoms with Crippen molar-refractivity contribution in [3.63, 3.8) is 0 Å². The topological polar surface area (TPSA) is 103 Å². The van der Waals surface area contributed by atoms with Crippen molar-refractivity contribution >= 4 is 10.9 Å². The van der Waals surface area contributed by atoms with Crippen LogP contribution in [0, 0.1) is 6.92 Å². The standard InChI is InChI=1S/C21H24N6O3/c1-15-5-6-16-11-17(21(28)22-19(16)10-15)12-26(13-18-4-3-8-30-18)14-20-23-24-25-27(20)7-9-29-2/h3-6,8,10-11H,7,9,12-14H2,1-2H3,(H,22,28)/p+1. The van der Waals surface area contributed by atoms with E-state index in [1.165, 1.54) is 0 Å². The first-order chi connectivity index (χ1) is 14.6. The number of quaternary nitrogens is 1. The molecule has 0 bridgehead atoms. The fraction of sp³-hybridized carbons (Fsp3) is 0.333. The minimum atomic E-state index is -0.0796. The van der Waals surface area contributed by atoms with E-state index in [-0.39, 0.29) is 5.56 Å². The molecule has 2 N–H and O–H groups in total. The summed E-state index contributed by atoms with van der Waals surface area (Å²) in [5.41, 5.74) is 2.59. The predicted octanol–water partition coefficient (Wildman–Crippen LogP) is 0.848. The number of aromatic nitrogens is 5. The summed E-state index contributed by atoms with van der Waals surface area (Å²) < 4.78 is 12.4. The van der Waals surface area contributed by atoms with Crippen molar-refractivity contribution in [2.75, 3.05) is 13.7 Å². The van der Waals surface area contributed by atoms with Gasteiger partial charge in [-0.2, -0.15) is 0 Å². The Hall–Kier alpha value is -3.30. The normalized spacial score (nSPS) is 12.5. The van der Waals surface area contributed by atoms with Crippen LogP contribution >= 0.6 is 0 Å². The number of aryl methyl sites for hydroxylation is 1. The van der Waals surface area contributed by atoms with Crippen molar-refractivity contribution in [2.45, 2.75) is 33.1 Å². The molecule has 4 rings (SSSR count). The lowest BCUT2D eigenvalue weighted by molar-refractivity contribution is -0.942. The van der Waals surface area contributed by atoms with Crippen LogP contribution in [0.4, 0.5) is 0 Å². The van der Waals surface area contributed by atoms with Crippen LogP contribution in [0.5, 0.6) is 0 Å². The van der Waals surface area contributed by atoms with Gasteiger partial charge in [-0.25, -0.2) is 4.68 Å². The third kappa shape index (κ3) is 4.64. The number of methoxy groups -OCH3 is 1. The second kappa shape index (κ2) is 9.02. The van der Waals surface area contributed by atoms with Crippen molar-refractivity contribution in [3.05, 3.63) is 75.7 Å². The number of H-pyrrole nitrogens is 1. The predicted molar refractivity (Wildman–Crippen MR) is 110 cm³/mol.